The van der Waals surface area contributed by atoms with E-state index in [4.69, 9.17) is 9.47 Å². The van der Waals surface area contributed by atoms with Crippen LogP contribution in [0.4, 0.5) is 0 Å². The summed E-state index contributed by atoms with van der Waals surface area (Å²) < 4.78 is 9.87. The Hall–Kier alpha value is -2.36. The van der Waals surface area contributed by atoms with Gasteiger partial charge in [-0.1, -0.05) is 49.6 Å². The van der Waals surface area contributed by atoms with Gasteiger partial charge in [-0.3, -0.25) is 0 Å². The quantitative estimate of drug-likeness (QED) is 0.229. The molecule has 0 rings (SSSR count). The van der Waals surface area contributed by atoms with Crippen LogP contribution in [-0.2, 0) is 19.1 Å². The minimum Gasteiger partial charge on any atom is -0.458 e. The molecular formula is C20H28O4. The van der Waals surface area contributed by atoms with Gasteiger partial charge in [0.2, 0.25) is 0 Å². The Morgan fingerprint density at radius 3 is 1.25 bits per heavy atom. The maximum atomic E-state index is 11.1. The maximum absolute atomic E-state index is 11.1. The molecule has 0 aromatic carbocycles. The third kappa shape index (κ3) is 13.3. The van der Waals surface area contributed by atoms with Crippen LogP contribution in [0.25, 0.3) is 0 Å². The minimum absolute atomic E-state index is 0.288. The highest BCUT2D eigenvalue weighted by Crippen LogP contribution is 1.99. The molecule has 0 aromatic heterocycles. The molecule has 0 aliphatic rings. The summed E-state index contributed by atoms with van der Waals surface area (Å²) in [6.07, 6.45) is 15.6. The van der Waals surface area contributed by atoms with Gasteiger partial charge in [0.25, 0.3) is 0 Å². The molecule has 24 heavy (non-hydrogen) atoms. The lowest BCUT2D eigenvalue weighted by atomic mass is 10.2. The predicted octanol–water partition coefficient (Wildman–Crippen LogP) is 4.45. The summed E-state index contributed by atoms with van der Waals surface area (Å²) in [7, 11) is 0. The van der Waals surface area contributed by atoms with Gasteiger partial charge in [-0.15, -0.1) is 0 Å². The molecule has 0 heterocycles. The molecule has 0 aliphatic carbocycles. The van der Waals surface area contributed by atoms with Gasteiger partial charge in [-0.05, 0) is 39.5 Å². The second kappa shape index (κ2) is 14.2. The molecular weight excluding hydrogens is 304 g/mol. The van der Waals surface area contributed by atoms with Crippen LogP contribution in [0.1, 0.15) is 39.5 Å². The van der Waals surface area contributed by atoms with Gasteiger partial charge in [-0.2, -0.15) is 0 Å². The minimum atomic E-state index is -0.359. The van der Waals surface area contributed by atoms with E-state index in [2.05, 4.69) is 25.3 Å². The van der Waals surface area contributed by atoms with E-state index in [1.54, 1.807) is 13.8 Å². The highest BCUT2D eigenvalue weighted by Gasteiger charge is 2.00. The molecule has 0 N–H and O–H groups in total. The molecule has 0 spiro atoms. The molecule has 4 nitrogen and oxygen atoms in total. The van der Waals surface area contributed by atoms with E-state index in [1.807, 2.05) is 24.3 Å². The van der Waals surface area contributed by atoms with Gasteiger partial charge in [0.05, 0.1) is 0 Å². The Morgan fingerprint density at radius 1 is 0.667 bits per heavy atom. The third-order valence-electron chi connectivity index (χ3n) is 2.82. The molecule has 0 atom stereocenters. The Morgan fingerprint density at radius 2 is 0.958 bits per heavy atom. The summed E-state index contributed by atoms with van der Waals surface area (Å²) in [5.41, 5.74) is 0.823. The largest absolute Gasteiger partial charge is 0.458 e. The maximum Gasteiger partial charge on any atom is 0.333 e. The van der Waals surface area contributed by atoms with E-state index in [1.165, 1.54) is 0 Å². The first-order valence-electron chi connectivity index (χ1n) is 8.05. The van der Waals surface area contributed by atoms with E-state index < -0.39 is 0 Å². The second-order valence-corrected chi connectivity index (χ2v) is 5.33. The number of hydrogen-bond donors (Lipinski definition) is 0. The average Bonchev–Trinajstić information content (AvgIpc) is 2.54. The summed E-state index contributed by atoms with van der Waals surface area (Å²) in [5, 5.41) is 0. The summed E-state index contributed by atoms with van der Waals surface area (Å²) in [6.45, 7) is 10.9. The molecule has 0 aromatic rings. The monoisotopic (exact) mass is 332 g/mol. The molecule has 0 amide bonds. The lowest BCUT2D eigenvalue weighted by Crippen LogP contribution is -2.04. The topological polar surface area (TPSA) is 52.6 Å². The van der Waals surface area contributed by atoms with Gasteiger partial charge in [0.15, 0.2) is 0 Å². The number of carbonyl (C=O) groups excluding carboxylic acids is 2. The SMILES string of the molecule is C=C(C)C(=O)OCC=CCCC=CCCC=CCOC(=O)C(=C)C. The van der Waals surface area contributed by atoms with Crippen molar-refractivity contribution >= 4 is 11.9 Å². The smallest absolute Gasteiger partial charge is 0.333 e. The predicted molar refractivity (Wildman–Crippen MR) is 97.4 cm³/mol. The van der Waals surface area contributed by atoms with Crippen molar-refractivity contribution in [1.82, 2.24) is 0 Å². The normalized spacial score (nSPS) is 11.2. The van der Waals surface area contributed by atoms with Gasteiger partial charge in [0.1, 0.15) is 13.2 Å². The van der Waals surface area contributed by atoms with E-state index in [0.717, 1.165) is 25.7 Å². The average molecular weight is 332 g/mol. The highest BCUT2D eigenvalue weighted by molar-refractivity contribution is 5.87. The molecule has 4 heteroatoms. The number of carbonyl (C=O) groups is 2. The fourth-order valence-electron chi connectivity index (χ4n) is 1.49. The zero-order chi connectivity index (χ0) is 18.2. The first-order chi connectivity index (χ1) is 11.4. The Kier molecular flexibility index (Phi) is 12.8. The number of allylic oxidation sites excluding steroid dienone is 4. The van der Waals surface area contributed by atoms with Gasteiger partial charge in [-0.25, -0.2) is 9.59 Å². The fraction of sp³-hybridized carbons (Fsp3) is 0.400. The molecule has 0 fully saturated rings. The van der Waals surface area contributed by atoms with Crippen LogP contribution in [-0.4, -0.2) is 25.2 Å². The fourth-order valence-corrected chi connectivity index (χ4v) is 1.49. The number of rotatable bonds is 12. The number of unbranched alkanes of at least 4 members (excludes halogenated alkanes) is 2. The van der Waals surface area contributed by atoms with Crippen LogP contribution in [0.15, 0.2) is 60.8 Å². The Balaban J connectivity index is 3.53. The van der Waals surface area contributed by atoms with Gasteiger partial charge < -0.3 is 9.47 Å². The molecule has 0 unspecified atom stereocenters. The van der Waals surface area contributed by atoms with Crippen LogP contribution in [0, 0.1) is 0 Å². The van der Waals surface area contributed by atoms with Crippen molar-refractivity contribution in [2.24, 2.45) is 0 Å². The van der Waals surface area contributed by atoms with Crippen molar-refractivity contribution in [2.45, 2.75) is 39.5 Å². The van der Waals surface area contributed by atoms with E-state index in [-0.39, 0.29) is 25.2 Å². The van der Waals surface area contributed by atoms with E-state index >= 15 is 0 Å². The zero-order valence-corrected chi connectivity index (χ0v) is 14.8. The van der Waals surface area contributed by atoms with Gasteiger partial charge >= 0.3 is 11.9 Å². The van der Waals surface area contributed by atoms with Crippen LogP contribution in [0.5, 0.6) is 0 Å². The van der Waals surface area contributed by atoms with Crippen molar-refractivity contribution in [1.29, 1.82) is 0 Å². The Bertz CT molecular complexity index is 464. The van der Waals surface area contributed by atoms with Crippen molar-refractivity contribution in [3.63, 3.8) is 0 Å². The van der Waals surface area contributed by atoms with Crippen molar-refractivity contribution < 1.29 is 19.1 Å². The highest BCUT2D eigenvalue weighted by atomic mass is 16.5. The van der Waals surface area contributed by atoms with Crippen LogP contribution in [0.2, 0.25) is 0 Å². The zero-order valence-electron chi connectivity index (χ0n) is 14.8. The molecule has 0 aliphatic heterocycles. The van der Waals surface area contributed by atoms with Crippen molar-refractivity contribution in [3.05, 3.63) is 60.8 Å². The number of esters is 2. The second-order valence-electron chi connectivity index (χ2n) is 5.33. The van der Waals surface area contributed by atoms with Crippen molar-refractivity contribution in [3.8, 4) is 0 Å². The number of hydrogen-bond acceptors (Lipinski definition) is 4. The molecule has 0 radical (unpaired) electrons. The Labute approximate surface area is 145 Å². The van der Waals surface area contributed by atoms with Crippen LogP contribution in [0.3, 0.4) is 0 Å². The first kappa shape index (κ1) is 21.6. The molecule has 0 saturated carbocycles. The standard InChI is InChI=1S/C20H28O4/c1-17(2)19(21)23-15-13-11-9-7-5-6-8-10-12-14-16-24-20(22)18(3)4/h5-6,11-14H,1,3,7-10,15-16H2,2,4H3. The van der Waals surface area contributed by atoms with E-state index in [9.17, 15) is 9.59 Å². The van der Waals surface area contributed by atoms with Crippen LogP contribution >= 0.6 is 0 Å². The summed E-state index contributed by atoms with van der Waals surface area (Å²) in [5.74, 6) is -0.719. The summed E-state index contributed by atoms with van der Waals surface area (Å²) in [6, 6.07) is 0. The molecule has 0 saturated heterocycles. The summed E-state index contributed by atoms with van der Waals surface area (Å²) >= 11 is 0. The lowest BCUT2D eigenvalue weighted by molar-refractivity contribution is -0.138. The number of ether oxygens (including phenoxy) is 2. The molecule has 132 valence electrons. The van der Waals surface area contributed by atoms with Crippen LogP contribution < -0.4 is 0 Å². The van der Waals surface area contributed by atoms with Gasteiger partial charge in [0, 0.05) is 11.1 Å². The van der Waals surface area contributed by atoms with Crippen molar-refractivity contribution in [2.75, 3.05) is 13.2 Å². The van der Waals surface area contributed by atoms with E-state index in [0.29, 0.717) is 11.1 Å². The summed E-state index contributed by atoms with van der Waals surface area (Å²) in [4.78, 5) is 22.2. The first-order valence-corrected chi connectivity index (χ1v) is 8.05. The molecule has 0 bridgehead atoms. The lowest BCUT2D eigenvalue weighted by Gasteiger charge is -1.99. The third-order valence-corrected chi connectivity index (χ3v) is 2.82.